The molecule has 2 N–H and O–H groups in total. The largest absolute Gasteiger partial charge is 0.368 e. The third-order valence-corrected chi connectivity index (χ3v) is 3.59. The van der Waals surface area contributed by atoms with Crippen molar-refractivity contribution in [2.24, 2.45) is 0 Å². The lowest BCUT2D eigenvalue weighted by Crippen LogP contribution is -2.26. The van der Waals surface area contributed by atoms with E-state index in [4.69, 9.17) is 4.74 Å². The highest BCUT2D eigenvalue weighted by Gasteiger charge is 2.23. The van der Waals surface area contributed by atoms with Crippen LogP contribution in [0.3, 0.4) is 0 Å². The zero-order valence-electron chi connectivity index (χ0n) is 13.3. The fourth-order valence-corrected chi connectivity index (χ4v) is 2.37. The Morgan fingerprint density at radius 1 is 1.09 bits per heavy atom. The summed E-state index contributed by atoms with van der Waals surface area (Å²) in [7, 11) is 0. The standard InChI is InChI=1S/C17H22N2O4/c1-12(20)4-2-6-16(21)18-13-7-9-14(10-8-13)19-17(22)15-5-3-11-23-15/h7-10,15H,2-6,11H2,1H3,(H,18,21)(H,19,22). The second-order valence-electron chi connectivity index (χ2n) is 5.67. The predicted octanol–water partition coefficient (Wildman–Crippen LogP) is 2.50. The zero-order chi connectivity index (χ0) is 16.7. The van der Waals surface area contributed by atoms with E-state index in [1.807, 2.05) is 0 Å². The summed E-state index contributed by atoms with van der Waals surface area (Å²) in [6, 6.07) is 6.93. The number of anilines is 2. The molecule has 1 aliphatic rings. The fourth-order valence-electron chi connectivity index (χ4n) is 2.37. The number of ketones is 1. The van der Waals surface area contributed by atoms with Gasteiger partial charge < -0.3 is 20.2 Å². The topological polar surface area (TPSA) is 84.5 Å². The molecule has 6 nitrogen and oxygen atoms in total. The van der Waals surface area contributed by atoms with Crippen LogP contribution in [0.4, 0.5) is 11.4 Å². The van der Waals surface area contributed by atoms with Crippen LogP contribution < -0.4 is 10.6 Å². The van der Waals surface area contributed by atoms with Gasteiger partial charge in [0, 0.05) is 30.8 Å². The van der Waals surface area contributed by atoms with Gasteiger partial charge in [-0.2, -0.15) is 0 Å². The van der Waals surface area contributed by atoms with Crippen molar-refractivity contribution >= 4 is 29.0 Å². The van der Waals surface area contributed by atoms with Crippen LogP contribution in [0.2, 0.25) is 0 Å². The lowest BCUT2D eigenvalue weighted by molar-refractivity contribution is -0.124. The lowest BCUT2D eigenvalue weighted by atomic mass is 10.2. The first-order valence-corrected chi connectivity index (χ1v) is 7.86. The van der Waals surface area contributed by atoms with E-state index in [0.717, 1.165) is 12.8 Å². The molecule has 0 saturated carbocycles. The number of carbonyl (C=O) groups excluding carboxylic acids is 3. The summed E-state index contributed by atoms with van der Waals surface area (Å²) < 4.78 is 5.32. The number of rotatable bonds is 7. The summed E-state index contributed by atoms with van der Waals surface area (Å²) in [6.07, 6.45) is 2.58. The van der Waals surface area contributed by atoms with Gasteiger partial charge in [-0.1, -0.05) is 0 Å². The minimum Gasteiger partial charge on any atom is -0.368 e. The van der Waals surface area contributed by atoms with Crippen molar-refractivity contribution in [2.45, 2.75) is 45.1 Å². The molecule has 0 aromatic heterocycles. The molecule has 0 aliphatic carbocycles. The van der Waals surface area contributed by atoms with Crippen molar-refractivity contribution in [3.05, 3.63) is 24.3 Å². The van der Waals surface area contributed by atoms with Gasteiger partial charge in [-0.25, -0.2) is 0 Å². The molecule has 2 rings (SSSR count). The average molecular weight is 318 g/mol. The highest BCUT2D eigenvalue weighted by atomic mass is 16.5. The molecule has 1 heterocycles. The molecule has 6 heteroatoms. The van der Waals surface area contributed by atoms with Crippen LogP contribution in [-0.2, 0) is 19.1 Å². The quantitative estimate of drug-likeness (QED) is 0.809. The maximum Gasteiger partial charge on any atom is 0.253 e. The zero-order valence-corrected chi connectivity index (χ0v) is 13.3. The molecule has 124 valence electrons. The number of nitrogens with one attached hydrogen (secondary N) is 2. The summed E-state index contributed by atoms with van der Waals surface area (Å²) >= 11 is 0. The van der Waals surface area contributed by atoms with Gasteiger partial charge in [-0.3, -0.25) is 9.59 Å². The molecule has 0 spiro atoms. The highest BCUT2D eigenvalue weighted by Crippen LogP contribution is 2.17. The molecule has 0 radical (unpaired) electrons. The van der Waals surface area contributed by atoms with Gasteiger partial charge in [0.15, 0.2) is 0 Å². The van der Waals surface area contributed by atoms with Crippen molar-refractivity contribution in [2.75, 3.05) is 17.2 Å². The first kappa shape index (κ1) is 17.1. The molecule has 1 fully saturated rings. The summed E-state index contributed by atoms with van der Waals surface area (Å²) in [4.78, 5) is 34.5. The smallest absolute Gasteiger partial charge is 0.253 e. The van der Waals surface area contributed by atoms with Gasteiger partial charge in [0.05, 0.1) is 0 Å². The van der Waals surface area contributed by atoms with Crippen molar-refractivity contribution in [3.8, 4) is 0 Å². The van der Waals surface area contributed by atoms with Crippen molar-refractivity contribution in [1.29, 1.82) is 0 Å². The van der Waals surface area contributed by atoms with Crippen molar-refractivity contribution in [3.63, 3.8) is 0 Å². The van der Waals surface area contributed by atoms with E-state index in [0.29, 0.717) is 37.2 Å². The van der Waals surface area contributed by atoms with E-state index >= 15 is 0 Å². The molecule has 1 aliphatic heterocycles. The number of hydrogen-bond acceptors (Lipinski definition) is 4. The van der Waals surface area contributed by atoms with Gasteiger partial charge >= 0.3 is 0 Å². The molecule has 1 aromatic rings. The molecule has 2 amide bonds. The second-order valence-corrected chi connectivity index (χ2v) is 5.67. The number of Topliss-reactive ketones (excluding diaryl/α,β-unsaturated/α-hetero) is 1. The van der Waals surface area contributed by atoms with E-state index in [9.17, 15) is 14.4 Å². The lowest BCUT2D eigenvalue weighted by Gasteiger charge is -2.11. The molecular weight excluding hydrogens is 296 g/mol. The third-order valence-electron chi connectivity index (χ3n) is 3.59. The number of hydrogen-bond donors (Lipinski definition) is 2. The second kappa shape index (κ2) is 8.43. The molecule has 1 unspecified atom stereocenters. The van der Waals surface area contributed by atoms with Gasteiger partial charge in [-0.05, 0) is 50.5 Å². The summed E-state index contributed by atoms with van der Waals surface area (Å²) in [5, 5.41) is 5.56. The maximum absolute atomic E-state index is 11.9. The Morgan fingerprint density at radius 3 is 2.30 bits per heavy atom. The predicted molar refractivity (Wildman–Crippen MR) is 87.2 cm³/mol. The first-order valence-electron chi connectivity index (χ1n) is 7.86. The van der Waals surface area contributed by atoms with Crippen LogP contribution in [0.25, 0.3) is 0 Å². The summed E-state index contributed by atoms with van der Waals surface area (Å²) in [5.74, 6) is -0.171. The van der Waals surface area contributed by atoms with Gasteiger partial charge in [-0.15, -0.1) is 0 Å². The van der Waals surface area contributed by atoms with Gasteiger partial charge in [0.1, 0.15) is 11.9 Å². The van der Waals surface area contributed by atoms with Crippen LogP contribution in [0.5, 0.6) is 0 Å². The summed E-state index contributed by atoms with van der Waals surface area (Å²) in [5.41, 5.74) is 1.33. The highest BCUT2D eigenvalue weighted by molar-refractivity contribution is 5.95. The molecule has 0 bridgehead atoms. The van der Waals surface area contributed by atoms with E-state index < -0.39 is 0 Å². The molecule has 23 heavy (non-hydrogen) atoms. The van der Waals surface area contributed by atoms with E-state index in [-0.39, 0.29) is 23.7 Å². The van der Waals surface area contributed by atoms with Crippen molar-refractivity contribution in [1.82, 2.24) is 0 Å². The van der Waals surface area contributed by atoms with Crippen LogP contribution in [0.1, 0.15) is 39.0 Å². The normalized spacial score (nSPS) is 16.8. The molecule has 1 atom stereocenters. The first-order chi connectivity index (χ1) is 11.0. The molecule has 1 saturated heterocycles. The number of ether oxygens (including phenoxy) is 1. The minimum absolute atomic E-state index is 0.0872. The Balaban J connectivity index is 1.78. The van der Waals surface area contributed by atoms with Gasteiger partial charge in [0.2, 0.25) is 5.91 Å². The molecular formula is C17H22N2O4. The van der Waals surface area contributed by atoms with Gasteiger partial charge in [0.25, 0.3) is 5.91 Å². The number of benzene rings is 1. The monoisotopic (exact) mass is 318 g/mol. The Labute approximate surface area is 135 Å². The Kier molecular flexibility index (Phi) is 6.29. The Morgan fingerprint density at radius 2 is 1.74 bits per heavy atom. The number of amides is 2. The fraction of sp³-hybridized carbons (Fsp3) is 0.471. The minimum atomic E-state index is -0.365. The Hall–Kier alpha value is -2.21. The number of carbonyl (C=O) groups is 3. The van der Waals surface area contributed by atoms with Crippen LogP contribution >= 0.6 is 0 Å². The van der Waals surface area contributed by atoms with Crippen molar-refractivity contribution < 1.29 is 19.1 Å². The van der Waals surface area contributed by atoms with Crippen LogP contribution in [0.15, 0.2) is 24.3 Å². The van der Waals surface area contributed by atoms with Crippen LogP contribution in [0, 0.1) is 0 Å². The van der Waals surface area contributed by atoms with Crippen LogP contribution in [-0.4, -0.2) is 30.3 Å². The summed E-state index contributed by atoms with van der Waals surface area (Å²) in [6.45, 7) is 2.15. The SMILES string of the molecule is CC(=O)CCCC(=O)Nc1ccc(NC(=O)C2CCCO2)cc1. The Bertz CT molecular complexity index is 562. The van der Waals surface area contributed by atoms with E-state index in [1.54, 1.807) is 24.3 Å². The van der Waals surface area contributed by atoms with E-state index in [2.05, 4.69) is 10.6 Å². The van der Waals surface area contributed by atoms with E-state index in [1.165, 1.54) is 6.92 Å². The third kappa shape index (κ3) is 5.83. The maximum atomic E-state index is 11.9. The molecule has 1 aromatic carbocycles. The average Bonchev–Trinajstić information content (AvgIpc) is 3.03.